The number of piperazine rings is 1. The lowest BCUT2D eigenvalue weighted by Crippen LogP contribution is -2.54. The van der Waals surface area contributed by atoms with Crippen molar-refractivity contribution in [2.75, 3.05) is 31.1 Å². The maximum absolute atomic E-state index is 12.0. The van der Waals surface area contributed by atoms with Crippen molar-refractivity contribution < 1.29 is 9.53 Å². The molecule has 122 valence electrons. The number of H-pyrrole nitrogens is 1. The van der Waals surface area contributed by atoms with Gasteiger partial charge in [0, 0.05) is 19.3 Å². The van der Waals surface area contributed by atoms with Crippen LogP contribution in [0.25, 0.3) is 0 Å². The summed E-state index contributed by atoms with van der Waals surface area (Å²) in [6.45, 7) is 3.43. The predicted octanol–water partition coefficient (Wildman–Crippen LogP) is 0.444. The van der Waals surface area contributed by atoms with E-state index >= 15 is 0 Å². The molecule has 1 atom stereocenters. The first-order valence-electron chi connectivity index (χ1n) is 7.41. The molecule has 0 bridgehead atoms. The van der Waals surface area contributed by atoms with Gasteiger partial charge < -0.3 is 14.5 Å². The van der Waals surface area contributed by atoms with E-state index in [-0.39, 0.29) is 11.8 Å². The predicted molar refractivity (Wildman–Crippen MR) is 82.1 cm³/mol. The number of aromatic nitrogens is 4. The molecule has 0 aromatic carbocycles. The highest BCUT2D eigenvalue weighted by Gasteiger charge is 2.33. The van der Waals surface area contributed by atoms with Gasteiger partial charge in [-0.05, 0) is 19.1 Å². The van der Waals surface area contributed by atoms with Crippen LogP contribution in [0.2, 0.25) is 0 Å². The molecule has 1 amide bonds. The summed E-state index contributed by atoms with van der Waals surface area (Å²) in [4.78, 5) is 31.9. The Morgan fingerprint density at radius 2 is 2.30 bits per heavy atom. The van der Waals surface area contributed by atoms with Crippen molar-refractivity contribution in [3.8, 4) is 0 Å². The van der Waals surface area contributed by atoms with Crippen LogP contribution in [-0.2, 0) is 4.74 Å². The second-order valence-electron chi connectivity index (χ2n) is 5.08. The number of rotatable bonds is 3. The lowest BCUT2D eigenvalue weighted by atomic mass is 10.2. The number of amides is 1. The fraction of sp³-hybridized carbons (Fsp3) is 0.429. The molecule has 1 fully saturated rings. The van der Waals surface area contributed by atoms with Crippen LogP contribution in [0, 0.1) is 0 Å². The minimum absolute atomic E-state index is 0.314. The summed E-state index contributed by atoms with van der Waals surface area (Å²) in [6.07, 6.45) is 2.35. The fourth-order valence-electron chi connectivity index (χ4n) is 2.64. The average Bonchev–Trinajstić information content (AvgIpc) is 3.01. The van der Waals surface area contributed by atoms with Crippen LogP contribution in [-0.4, -0.2) is 57.0 Å². The molecule has 0 radical (unpaired) electrons. The van der Waals surface area contributed by atoms with E-state index < -0.39 is 6.17 Å². The minimum Gasteiger partial charge on any atom is -0.450 e. The van der Waals surface area contributed by atoms with Crippen LogP contribution in [0.4, 0.5) is 10.6 Å². The third-order valence-corrected chi connectivity index (χ3v) is 3.72. The second-order valence-corrected chi connectivity index (χ2v) is 5.08. The molecule has 0 saturated carbocycles. The fourth-order valence-corrected chi connectivity index (χ4v) is 2.64. The first kappa shape index (κ1) is 15.1. The van der Waals surface area contributed by atoms with Gasteiger partial charge in [-0.2, -0.15) is 5.10 Å². The Balaban J connectivity index is 1.90. The van der Waals surface area contributed by atoms with Gasteiger partial charge in [-0.3, -0.25) is 4.57 Å². The molecular formula is C14H18N6O3. The highest BCUT2D eigenvalue weighted by atomic mass is 16.6. The standard InChI is InChI=1S/C14H18N6O3/c1-2-23-14(22)18-7-8-19(11-5-3-4-6-15-11)12(9-18)20-10-16-17-13(20)21/h3-6,10,12H,2,7-9H2,1H3,(H,17,21). The van der Waals surface area contributed by atoms with Gasteiger partial charge in [0.25, 0.3) is 0 Å². The van der Waals surface area contributed by atoms with E-state index in [1.54, 1.807) is 18.0 Å². The molecule has 1 N–H and O–H groups in total. The van der Waals surface area contributed by atoms with Crippen molar-refractivity contribution in [2.24, 2.45) is 0 Å². The van der Waals surface area contributed by atoms with Gasteiger partial charge in [0.1, 0.15) is 18.3 Å². The Morgan fingerprint density at radius 1 is 1.43 bits per heavy atom. The zero-order valence-electron chi connectivity index (χ0n) is 12.8. The monoisotopic (exact) mass is 318 g/mol. The summed E-state index contributed by atoms with van der Waals surface area (Å²) in [5, 5.41) is 6.16. The minimum atomic E-state index is -0.394. The Morgan fingerprint density at radius 3 is 2.96 bits per heavy atom. The van der Waals surface area contributed by atoms with Crippen LogP contribution in [0.5, 0.6) is 0 Å². The van der Waals surface area contributed by atoms with Gasteiger partial charge in [0.05, 0.1) is 13.2 Å². The van der Waals surface area contributed by atoms with Gasteiger partial charge in [0.2, 0.25) is 0 Å². The van der Waals surface area contributed by atoms with Crippen LogP contribution in [0.1, 0.15) is 13.1 Å². The van der Waals surface area contributed by atoms with Crippen LogP contribution < -0.4 is 10.6 Å². The molecule has 0 aliphatic carbocycles. The maximum Gasteiger partial charge on any atom is 0.409 e. The molecule has 1 aliphatic heterocycles. The van der Waals surface area contributed by atoms with E-state index in [0.717, 1.165) is 5.82 Å². The number of hydrogen-bond acceptors (Lipinski definition) is 6. The molecular weight excluding hydrogens is 300 g/mol. The van der Waals surface area contributed by atoms with E-state index in [4.69, 9.17) is 4.74 Å². The molecule has 2 aromatic rings. The van der Waals surface area contributed by atoms with Crippen molar-refractivity contribution in [3.05, 3.63) is 41.2 Å². The number of carbonyl (C=O) groups is 1. The molecule has 1 saturated heterocycles. The van der Waals surface area contributed by atoms with Crippen LogP contribution in [0.3, 0.4) is 0 Å². The molecule has 9 heteroatoms. The molecule has 23 heavy (non-hydrogen) atoms. The Hall–Kier alpha value is -2.84. The van der Waals surface area contributed by atoms with Crippen molar-refractivity contribution in [3.63, 3.8) is 0 Å². The number of aromatic amines is 1. The van der Waals surface area contributed by atoms with E-state index in [1.165, 1.54) is 10.9 Å². The number of nitrogens with zero attached hydrogens (tertiary/aromatic N) is 5. The topological polar surface area (TPSA) is 96.3 Å². The molecule has 2 aromatic heterocycles. The molecule has 3 heterocycles. The van der Waals surface area contributed by atoms with E-state index in [1.807, 2.05) is 23.1 Å². The van der Waals surface area contributed by atoms with Gasteiger partial charge in [-0.25, -0.2) is 19.7 Å². The number of pyridine rings is 1. The highest BCUT2D eigenvalue weighted by Crippen LogP contribution is 2.24. The molecule has 3 rings (SSSR count). The van der Waals surface area contributed by atoms with E-state index in [2.05, 4.69) is 15.2 Å². The second kappa shape index (κ2) is 6.51. The summed E-state index contributed by atoms with van der Waals surface area (Å²) in [6, 6.07) is 5.59. The first-order valence-corrected chi connectivity index (χ1v) is 7.41. The lowest BCUT2D eigenvalue weighted by molar-refractivity contribution is 0.0931. The van der Waals surface area contributed by atoms with Crippen LogP contribution in [0.15, 0.2) is 35.5 Å². The summed E-state index contributed by atoms with van der Waals surface area (Å²) < 4.78 is 6.52. The molecule has 0 spiro atoms. The largest absolute Gasteiger partial charge is 0.450 e. The quantitative estimate of drug-likeness (QED) is 0.882. The molecule has 1 aliphatic rings. The number of carbonyl (C=O) groups excluding carboxylic acids is 1. The third-order valence-electron chi connectivity index (χ3n) is 3.72. The summed E-state index contributed by atoms with van der Waals surface area (Å²) >= 11 is 0. The van der Waals surface area contributed by atoms with Crippen LogP contribution >= 0.6 is 0 Å². The SMILES string of the molecule is CCOC(=O)N1CCN(c2ccccn2)C(n2cn[nH]c2=O)C1. The Labute approximate surface area is 132 Å². The maximum atomic E-state index is 12.0. The lowest BCUT2D eigenvalue weighted by Gasteiger charge is -2.41. The normalized spacial score (nSPS) is 18.0. The van der Waals surface area contributed by atoms with Crippen molar-refractivity contribution in [2.45, 2.75) is 13.1 Å². The van der Waals surface area contributed by atoms with Crippen molar-refractivity contribution >= 4 is 11.9 Å². The Bertz CT molecular complexity index is 713. The third kappa shape index (κ3) is 3.03. The van der Waals surface area contributed by atoms with E-state index in [0.29, 0.717) is 26.2 Å². The summed E-state index contributed by atoms with van der Waals surface area (Å²) in [5.74, 6) is 0.745. The Kier molecular flexibility index (Phi) is 4.26. The average molecular weight is 318 g/mol. The van der Waals surface area contributed by atoms with Gasteiger partial charge in [0.15, 0.2) is 0 Å². The first-order chi connectivity index (χ1) is 11.2. The van der Waals surface area contributed by atoms with E-state index in [9.17, 15) is 9.59 Å². The number of anilines is 1. The zero-order valence-corrected chi connectivity index (χ0v) is 12.8. The van der Waals surface area contributed by atoms with Crippen molar-refractivity contribution in [1.82, 2.24) is 24.6 Å². The summed E-state index contributed by atoms with van der Waals surface area (Å²) in [7, 11) is 0. The van der Waals surface area contributed by atoms with Gasteiger partial charge in [-0.1, -0.05) is 6.07 Å². The molecule has 1 unspecified atom stereocenters. The summed E-state index contributed by atoms with van der Waals surface area (Å²) in [5.41, 5.74) is -0.332. The number of ether oxygens (including phenoxy) is 1. The zero-order chi connectivity index (χ0) is 16.2. The number of nitrogens with one attached hydrogen (secondary N) is 1. The van der Waals surface area contributed by atoms with Gasteiger partial charge >= 0.3 is 11.8 Å². The highest BCUT2D eigenvalue weighted by molar-refractivity contribution is 5.68. The van der Waals surface area contributed by atoms with Crippen molar-refractivity contribution in [1.29, 1.82) is 0 Å². The number of hydrogen-bond donors (Lipinski definition) is 1. The van der Waals surface area contributed by atoms with Gasteiger partial charge in [-0.15, -0.1) is 0 Å². The smallest absolute Gasteiger partial charge is 0.409 e. The molecule has 9 nitrogen and oxygen atoms in total.